The normalized spacial score (nSPS) is 11.2. The van der Waals surface area contributed by atoms with Gasteiger partial charge >= 0.3 is 0 Å². The zero-order valence-corrected chi connectivity index (χ0v) is 8.47. The lowest BCUT2D eigenvalue weighted by atomic mass is 10.3. The van der Waals surface area contributed by atoms with Crippen LogP contribution in [0.3, 0.4) is 0 Å². The summed E-state index contributed by atoms with van der Waals surface area (Å²) in [5.74, 6) is 0.0118. The van der Waals surface area contributed by atoms with Gasteiger partial charge in [-0.05, 0) is 6.07 Å². The summed E-state index contributed by atoms with van der Waals surface area (Å²) in [4.78, 5) is 3.84. The molecule has 1 aromatic rings. The number of hydrogen-bond acceptors (Lipinski definition) is 4. The maximum absolute atomic E-state index is 10.8. The number of aromatic nitrogens is 1. The zero-order chi connectivity index (χ0) is 9.90. The van der Waals surface area contributed by atoms with Gasteiger partial charge in [0.05, 0.1) is 12.9 Å². The Morgan fingerprint density at radius 2 is 2.31 bits per heavy atom. The highest BCUT2D eigenvalue weighted by atomic mass is 35.7. The molecule has 0 amide bonds. The SMILES string of the molecule is COc1ncccc1CS(=O)(=O)Cl. The average molecular weight is 222 g/mol. The van der Waals surface area contributed by atoms with Crippen LogP contribution in [0.1, 0.15) is 5.56 Å². The van der Waals surface area contributed by atoms with Crippen molar-refractivity contribution in [2.75, 3.05) is 7.11 Å². The number of halogens is 1. The van der Waals surface area contributed by atoms with Crippen molar-refractivity contribution < 1.29 is 13.2 Å². The Morgan fingerprint density at radius 1 is 1.62 bits per heavy atom. The third kappa shape index (κ3) is 3.20. The first kappa shape index (κ1) is 10.3. The number of methoxy groups -OCH3 is 1. The second kappa shape index (κ2) is 3.93. The quantitative estimate of drug-likeness (QED) is 0.719. The lowest BCUT2D eigenvalue weighted by Gasteiger charge is -2.03. The summed E-state index contributed by atoms with van der Waals surface area (Å²) in [7, 11) is 2.95. The first-order valence-corrected chi connectivity index (χ1v) is 5.91. The Morgan fingerprint density at radius 3 is 2.85 bits per heavy atom. The minimum Gasteiger partial charge on any atom is -0.481 e. The molecule has 1 rings (SSSR count). The molecule has 4 nitrogen and oxygen atoms in total. The molecule has 0 aliphatic heterocycles. The van der Waals surface area contributed by atoms with Crippen LogP contribution in [0.5, 0.6) is 5.88 Å². The third-order valence-corrected chi connectivity index (χ3v) is 2.35. The van der Waals surface area contributed by atoms with Crippen molar-refractivity contribution in [3.05, 3.63) is 23.9 Å². The molecule has 0 bridgehead atoms. The minimum absolute atomic E-state index is 0.272. The van der Waals surface area contributed by atoms with Gasteiger partial charge in [-0.15, -0.1) is 0 Å². The number of ether oxygens (including phenoxy) is 1. The molecule has 0 saturated heterocycles. The molecule has 0 atom stereocenters. The predicted molar refractivity (Wildman–Crippen MR) is 49.3 cm³/mol. The third-order valence-electron chi connectivity index (χ3n) is 1.37. The fraction of sp³-hybridized carbons (Fsp3) is 0.286. The summed E-state index contributed by atoms with van der Waals surface area (Å²) in [6.45, 7) is 0. The molecule has 72 valence electrons. The summed E-state index contributed by atoms with van der Waals surface area (Å²) in [5, 5.41) is 0. The van der Waals surface area contributed by atoms with E-state index in [0.29, 0.717) is 5.56 Å². The Kier molecular flexibility index (Phi) is 3.11. The van der Waals surface area contributed by atoms with E-state index in [4.69, 9.17) is 15.4 Å². The highest BCUT2D eigenvalue weighted by Crippen LogP contribution is 2.18. The molecule has 0 aromatic carbocycles. The average Bonchev–Trinajstić information content (AvgIpc) is 2.02. The van der Waals surface area contributed by atoms with Crippen LogP contribution < -0.4 is 4.74 Å². The number of hydrogen-bond donors (Lipinski definition) is 0. The first-order valence-electron chi connectivity index (χ1n) is 3.43. The molecule has 1 heterocycles. The lowest BCUT2D eigenvalue weighted by Crippen LogP contribution is -1.99. The van der Waals surface area contributed by atoms with Crippen LogP contribution in [0.2, 0.25) is 0 Å². The monoisotopic (exact) mass is 221 g/mol. The van der Waals surface area contributed by atoms with Crippen LogP contribution in [0.4, 0.5) is 0 Å². The van der Waals surface area contributed by atoms with E-state index in [1.807, 2.05) is 0 Å². The molecular formula is C7H8ClNO3S. The summed E-state index contributed by atoms with van der Waals surface area (Å²) < 4.78 is 26.4. The largest absolute Gasteiger partial charge is 0.481 e. The van der Waals surface area contributed by atoms with Crippen molar-refractivity contribution in [2.24, 2.45) is 0 Å². The van der Waals surface area contributed by atoms with Crippen LogP contribution in [0.15, 0.2) is 18.3 Å². The van der Waals surface area contributed by atoms with E-state index >= 15 is 0 Å². The van der Waals surface area contributed by atoms with Crippen molar-refractivity contribution in [3.63, 3.8) is 0 Å². The molecule has 6 heteroatoms. The molecule has 0 fully saturated rings. The van der Waals surface area contributed by atoms with Gasteiger partial charge in [0.15, 0.2) is 0 Å². The van der Waals surface area contributed by atoms with Gasteiger partial charge in [0.25, 0.3) is 0 Å². The Balaban J connectivity index is 3.01. The van der Waals surface area contributed by atoms with Crippen molar-refractivity contribution in [1.29, 1.82) is 0 Å². The summed E-state index contributed by atoms with van der Waals surface area (Å²) >= 11 is 0. The van der Waals surface area contributed by atoms with E-state index in [-0.39, 0.29) is 11.6 Å². The molecule has 0 radical (unpaired) electrons. The summed E-state index contributed by atoms with van der Waals surface area (Å²) in [6, 6.07) is 3.23. The van der Waals surface area contributed by atoms with Crippen LogP contribution >= 0.6 is 10.7 Å². The zero-order valence-electron chi connectivity index (χ0n) is 6.90. The van der Waals surface area contributed by atoms with Crippen LogP contribution in [-0.4, -0.2) is 20.5 Å². The lowest BCUT2D eigenvalue weighted by molar-refractivity contribution is 0.394. The Labute approximate surface area is 80.9 Å². The van der Waals surface area contributed by atoms with Crippen LogP contribution in [0, 0.1) is 0 Å². The topological polar surface area (TPSA) is 56.3 Å². The van der Waals surface area contributed by atoms with E-state index in [9.17, 15) is 8.42 Å². The molecule has 1 aromatic heterocycles. The highest BCUT2D eigenvalue weighted by Gasteiger charge is 2.11. The molecule has 0 unspecified atom stereocenters. The fourth-order valence-electron chi connectivity index (χ4n) is 0.904. The minimum atomic E-state index is -3.56. The summed E-state index contributed by atoms with van der Waals surface area (Å²) in [6.07, 6.45) is 1.52. The van der Waals surface area contributed by atoms with E-state index in [1.165, 1.54) is 13.3 Å². The van der Waals surface area contributed by atoms with Gasteiger partial charge in [0, 0.05) is 22.4 Å². The van der Waals surface area contributed by atoms with E-state index < -0.39 is 9.05 Å². The van der Waals surface area contributed by atoms with Crippen molar-refractivity contribution in [3.8, 4) is 5.88 Å². The standard InChI is InChI=1S/C7H8ClNO3S/c1-12-7-6(3-2-4-9-7)5-13(8,10)11/h2-4H,5H2,1H3. The molecule has 13 heavy (non-hydrogen) atoms. The van der Waals surface area contributed by atoms with E-state index in [0.717, 1.165) is 0 Å². The molecule has 0 N–H and O–H groups in total. The van der Waals surface area contributed by atoms with Gasteiger partial charge in [-0.25, -0.2) is 13.4 Å². The molecular weight excluding hydrogens is 214 g/mol. The van der Waals surface area contributed by atoms with Gasteiger partial charge in [-0.1, -0.05) is 6.07 Å². The number of pyridine rings is 1. The second-order valence-corrected chi connectivity index (χ2v) is 5.13. The van der Waals surface area contributed by atoms with Crippen molar-refractivity contribution in [1.82, 2.24) is 4.98 Å². The maximum atomic E-state index is 10.8. The Bertz CT molecular complexity index is 390. The second-order valence-electron chi connectivity index (χ2n) is 2.35. The Hall–Kier alpha value is -0.810. The fourth-order valence-corrected chi connectivity index (χ4v) is 1.85. The maximum Gasteiger partial charge on any atom is 0.236 e. The molecule has 0 aliphatic carbocycles. The van der Waals surface area contributed by atoms with Gasteiger partial charge in [0.1, 0.15) is 0 Å². The number of rotatable bonds is 3. The summed E-state index contributed by atoms with van der Waals surface area (Å²) in [5.41, 5.74) is 0.458. The van der Waals surface area contributed by atoms with Gasteiger partial charge in [0.2, 0.25) is 14.9 Å². The van der Waals surface area contributed by atoms with Crippen LogP contribution in [-0.2, 0) is 14.8 Å². The van der Waals surface area contributed by atoms with Crippen molar-refractivity contribution >= 4 is 19.7 Å². The van der Waals surface area contributed by atoms with Gasteiger partial charge in [-0.2, -0.15) is 0 Å². The van der Waals surface area contributed by atoms with Crippen LogP contribution in [0.25, 0.3) is 0 Å². The number of nitrogens with zero attached hydrogens (tertiary/aromatic N) is 1. The van der Waals surface area contributed by atoms with E-state index in [2.05, 4.69) is 4.98 Å². The van der Waals surface area contributed by atoms with Gasteiger partial charge in [-0.3, -0.25) is 0 Å². The van der Waals surface area contributed by atoms with Gasteiger partial charge < -0.3 is 4.74 Å². The predicted octanol–water partition coefficient (Wildman–Crippen LogP) is 1.16. The highest BCUT2D eigenvalue weighted by molar-refractivity contribution is 8.13. The molecule has 0 spiro atoms. The molecule has 0 aliphatic rings. The molecule has 0 saturated carbocycles. The van der Waals surface area contributed by atoms with Crippen molar-refractivity contribution in [2.45, 2.75) is 5.75 Å². The smallest absolute Gasteiger partial charge is 0.236 e. The van der Waals surface area contributed by atoms with E-state index in [1.54, 1.807) is 12.1 Å². The first-order chi connectivity index (χ1) is 6.03.